The molecule has 3 aliphatic heterocycles. The summed E-state index contributed by atoms with van der Waals surface area (Å²) in [6.07, 6.45) is 0.230. The summed E-state index contributed by atoms with van der Waals surface area (Å²) >= 11 is 0. The summed E-state index contributed by atoms with van der Waals surface area (Å²) in [5, 5.41) is 1.31. The zero-order valence-electron chi connectivity index (χ0n) is 28.5. The Labute approximate surface area is 290 Å². The molecule has 0 radical (unpaired) electrons. The molecule has 3 saturated heterocycles. The number of nitrogens with zero attached hydrogens (tertiary/aromatic N) is 2. The zero-order valence-corrected chi connectivity index (χ0v) is 28.5. The summed E-state index contributed by atoms with van der Waals surface area (Å²) in [6, 6.07) is 0. The van der Waals surface area contributed by atoms with E-state index in [1.807, 2.05) is 0 Å². The molecule has 0 N–H and O–H groups in total. The van der Waals surface area contributed by atoms with Crippen LogP contribution in [0, 0.1) is 0 Å². The van der Waals surface area contributed by atoms with Crippen molar-refractivity contribution in [2.45, 2.75) is 50.9 Å². The van der Waals surface area contributed by atoms with Gasteiger partial charge in [-0.2, -0.15) is 5.06 Å². The largest absolute Gasteiger partial charge is 0.379 e. The van der Waals surface area contributed by atoms with Crippen LogP contribution < -0.4 is 0 Å². The van der Waals surface area contributed by atoms with Crippen LogP contribution in [-0.4, -0.2) is 171 Å². The quantitative estimate of drug-likeness (QED) is 0.0468. The fraction of sp³-hybridized carbons (Fsp3) is 0.839. The minimum Gasteiger partial charge on any atom is -0.379 e. The van der Waals surface area contributed by atoms with Gasteiger partial charge in [-0.25, -0.2) is 9.63 Å². The van der Waals surface area contributed by atoms with Gasteiger partial charge in [0.2, 0.25) is 6.29 Å². The van der Waals surface area contributed by atoms with Gasteiger partial charge in [-0.15, -0.1) is 5.06 Å². The molecule has 19 heteroatoms. The van der Waals surface area contributed by atoms with Crippen LogP contribution >= 0.6 is 0 Å². The van der Waals surface area contributed by atoms with Crippen molar-refractivity contribution in [1.82, 2.24) is 10.1 Å². The molecule has 19 nitrogen and oxygen atoms in total. The van der Waals surface area contributed by atoms with E-state index in [0.717, 1.165) is 5.06 Å². The van der Waals surface area contributed by atoms with E-state index in [-0.39, 0.29) is 63.2 Å². The van der Waals surface area contributed by atoms with Crippen LogP contribution in [-0.2, 0) is 81.0 Å². The van der Waals surface area contributed by atoms with Crippen molar-refractivity contribution in [3.05, 3.63) is 0 Å². The number of hydrogen-bond acceptors (Lipinski definition) is 17. The van der Waals surface area contributed by atoms with Crippen molar-refractivity contribution in [3.8, 4) is 0 Å². The maximum absolute atomic E-state index is 11.6. The molecule has 2 atom stereocenters. The molecular weight excluding hydrogens is 672 g/mol. The Hall–Kier alpha value is -2.69. The Morgan fingerprint density at radius 2 is 0.800 bits per heavy atom. The summed E-state index contributed by atoms with van der Waals surface area (Å²) in [4.78, 5) is 67.5. The lowest BCUT2D eigenvalue weighted by Crippen LogP contribution is -2.32. The number of hydroxylamine groups is 4. The van der Waals surface area contributed by atoms with E-state index in [0.29, 0.717) is 117 Å². The van der Waals surface area contributed by atoms with E-state index in [4.69, 9.17) is 57.0 Å². The maximum Gasteiger partial charge on any atom is 0.335 e. The summed E-state index contributed by atoms with van der Waals surface area (Å²) in [6.45, 7) is 7.25. The number of carbonyl (C=O) groups excluding carboxylic acids is 5. The van der Waals surface area contributed by atoms with Gasteiger partial charge in [0, 0.05) is 38.7 Å². The van der Waals surface area contributed by atoms with Crippen LogP contribution in [0.1, 0.15) is 38.5 Å². The van der Waals surface area contributed by atoms with E-state index < -0.39 is 24.1 Å². The summed E-state index contributed by atoms with van der Waals surface area (Å²) < 4.78 is 54.1. The molecule has 0 aromatic carbocycles. The van der Waals surface area contributed by atoms with Crippen LogP contribution in [0.5, 0.6) is 0 Å². The molecule has 3 heterocycles. The fourth-order valence-electron chi connectivity index (χ4n) is 4.22. The van der Waals surface area contributed by atoms with E-state index in [2.05, 4.69) is 0 Å². The number of rotatable bonds is 33. The molecule has 0 saturated carbocycles. The van der Waals surface area contributed by atoms with Crippen molar-refractivity contribution >= 4 is 29.6 Å². The third-order valence-electron chi connectivity index (χ3n) is 6.92. The molecule has 0 spiro atoms. The van der Waals surface area contributed by atoms with Crippen LogP contribution in [0.2, 0.25) is 0 Å². The molecule has 3 fully saturated rings. The fourth-order valence-corrected chi connectivity index (χ4v) is 4.22. The van der Waals surface area contributed by atoms with Gasteiger partial charge in [-0.3, -0.25) is 19.2 Å². The van der Waals surface area contributed by atoms with Gasteiger partial charge in [-0.05, 0) is 0 Å². The third-order valence-corrected chi connectivity index (χ3v) is 6.92. The minimum absolute atomic E-state index is 0.0538. The smallest absolute Gasteiger partial charge is 0.335 e. The van der Waals surface area contributed by atoms with Gasteiger partial charge in [-0.1, -0.05) is 0 Å². The topological polar surface area (TPSA) is 206 Å². The highest BCUT2D eigenvalue weighted by molar-refractivity contribution is 6.01. The number of imide groups is 2. The zero-order chi connectivity index (χ0) is 35.7. The predicted molar refractivity (Wildman–Crippen MR) is 165 cm³/mol. The molecule has 2 unspecified atom stereocenters. The van der Waals surface area contributed by atoms with Gasteiger partial charge in [0.05, 0.1) is 119 Å². The molecule has 0 aromatic heterocycles. The lowest BCUT2D eigenvalue weighted by Gasteiger charge is -2.12. The molecular formula is C31H50N2O17. The van der Waals surface area contributed by atoms with Crippen molar-refractivity contribution in [3.63, 3.8) is 0 Å². The average molecular weight is 723 g/mol. The van der Waals surface area contributed by atoms with Gasteiger partial charge in [0.15, 0.2) is 0 Å². The second kappa shape index (κ2) is 26.1. The summed E-state index contributed by atoms with van der Waals surface area (Å²) in [7, 11) is 0. The first kappa shape index (κ1) is 41.7. The number of hydrogen-bond donors (Lipinski definition) is 0. The van der Waals surface area contributed by atoms with Crippen molar-refractivity contribution in [2.24, 2.45) is 0 Å². The normalized spacial score (nSPS) is 19.0. The molecule has 50 heavy (non-hydrogen) atoms. The van der Waals surface area contributed by atoms with Crippen LogP contribution in [0.25, 0.3) is 0 Å². The first-order chi connectivity index (χ1) is 24.5. The Bertz CT molecular complexity index is 986. The molecule has 0 aromatic rings. The van der Waals surface area contributed by atoms with Crippen molar-refractivity contribution in [2.75, 3.05) is 119 Å². The van der Waals surface area contributed by atoms with E-state index in [1.54, 1.807) is 0 Å². The summed E-state index contributed by atoms with van der Waals surface area (Å²) in [5.41, 5.74) is 0. The Kier molecular flexibility index (Phi) is 21.8. The van der Waals surface area contributed by atoms with Crippen LogP contribution in [0.15, 0.2) is 0 Å². The number of carbonyl (C=O) groups is 5. The lowest BCUT2D eigenvalue weighted by molar-refractivity contribution is -0.201. The highest BCUT2D eigenvalue weighted by atomic mass is 16.9. The van der Waals surface area contributed by atoms with Gasteiger partial charge >= 0.3 is 5.97 Å². The highest BCUT2D eigenvalue weighted by Crippen LogP contribution is 2.29. The number of ether oxygens (including phenoxy) is 10. The molecule has 3 aliphatic rings. The van der Waals surface area contributed by atoms with E-state index in [9.17, 15) is 24.0 Å². The standard InChI is InChI=1S/C31H50N2O17/c34-26-1-2-27(35)32(26)49-30(38)6-8-40-10-12-42-14-16-44-18-20-46-22-24-47-23-21-45-19-17-43-15-13-41-11-9-39-7-5-25-31(48-25)50-33-28(36)3-4-29(33)37/h25,31H,1-24H2. The van der Waals surface area contributed by atoms with E-state index in [1.165, 1.54) is 0 Å². The first-order valence-corrected chi connectivity index (χ1v) is 16.9. The predicted octanol–water partition coefficient (Wildman–Crippen LogP) is -0.671. The van der Waals surface area contributed by atoms with Gasteiger partial charge < -0.3 is 52.2 Å². The Morgan fingerprint density at radius 3 is 1.18 bits per heavy atom. The molecule has 286 valence electrons. The molecule has 4 amide bonds. The first-order valence-electron chi connectivity index (χ1n) is 16.9. The van der Waals surface area contributed by atoms with Gasteiger partial charge in [0.1, 0.15) is 6.10 Å². The van der Waals surface area contributed by atoms with Crippen LogP contribution in [0.3, 0.4) is 0 Å². The molecule has 0 bridgehead atoms. The molecule has 0 aliphatic carbocycles. The highest BCUT2D eigenvalue weighted by Gasteiger charge is 2.45. The Morgan fingerprint density at radius 1 is 0.480 bits per heavy atom. The summed E-state index contributed by atoms with van der Waals surface area (Å²) in [5.74, 6) is -2.40. The monoisotopic (exact) mass is 722 g/mol. The second-order valence-electron chi connectivity index (χ2n) is 10.8. The van der Waals surface area contributed by atoms with Crippen molar-refractivity contribution < 1.29 is 81.0 Å². The lowest BCUT2D eigenvalue weighted by atomic mass is 10.3. The van der Waals surface area contributed by atoms with Gasteiger partial charge in [0.25, 0.3) is 23.6 Å². The SMILES string of the molecule is O=C(CCOCCOCCOCCOCCOCCOCCOCCOCCOCCC1OC1ON1C(=O)CCC1=O)ON1C(=O)CCC1=O. The Balaban J connectivity index is 0.914. The van der Waals surface area contributed by atoms with Crippen molar-refractivity contribution in [1.29, 1.82) is 0 Å². The average Bonchev–Trinajstić information content (AvgIpc) is 3.68. The third kappa shape index (κ3) is 18.5. The number of epoxide rings is 1. The maximum atomic E-state index is 11.6. The minimum atomic E-state index is -0.705. The second-order valence-corrected chi connectivity index (χ2v) is 10.8. The van der Waals surface area contributed by atoms with Crippen LogP contribution in [0.4, 0.5) is 0 Å². The van der Waals surface area contributed by atoms with E-state index >= 15 is 0 Å². The molecule has 3 rings (SSSR count). The number of amides is 4.